The first-order valence-corrected chi connectivity index (χ1v) is 16.9. The molecule has 4 aromatic carbocycles. The number of benzene rings is 4. The fraction of sp³-hybridized carbons (Fsp3) is 0.275. The average Bonchev–Trinajstić information content (AvgIpc) is 3.87. The van der Waals surface area contributed by atoms with Gasteiger partial charge in [0.1, 0.15) is 18.7 Å². The summed E-state index contributed by atoms with van der Waals surface area (Å²) in [5.41, 5.74) is 7.61. The van der Waals surface area contributed by atoms with E-state index in [0.717, 1.165) is 44.4 Å². The van der Waals surface area contributed by atoms with Crippen LogP contribution < -0.4 is 4.74 Å². The fourth-order valence-electron chi connectivity index (χ4n) is 8.18. The lowest BCUT2D eigenvalue weighted by Gasteiger charge is -2.43. The molecular formula is C40H37N3O7. The molecule has 2 aliphatic heterocycles. The highest BCUT2D eigenvalue weighted by atomic mass is 16.6. The number of phenolic OH excluding ortho intramolecular Hbond substituents is 1. The number of H-pyrrole nitrogens is 1. The smallest absolute Gasteiger partial charge is 0.410 e. The number of nitrogens with zero attached hydrogens (tertiary/aromatic N) is 2. The van der Waals surface area contributed by atoms with Crippen LogP contribution >= 0.6 is 0 Å². The lowest BCUT2D eigenvalue weighted by atomic mass is 9.87. The summed E-state index contributed by atoms with van der Waals surface area (Å²) in [6, 6.07) is 26.4. The van der Waals surface area contributed by atoms with Gasteiger partial charge in [-0.1, -0.05) is 72.8 Å². The number of hydrogen-bond donors (Lipinski definition) is 2. The maximum Gasteiger partial charge on any atom is 0.410 e. The minimum absolute atomic E-state index is 0.0523. The molecule has 2 amide bonds. The van der Waals surface area contributed by atoms with Crippen LogP contribution in [-0.4, -0.2) is 77.3 Å². The first-order chi connectivity index (χ1) is 24.4. The topological polar surface area (TPSA) is 121 Å². The standard InChI is InChI=1S/C40H37N3O7/c1-48-35-20-23(17-18-34(35)44)37-36-29(28-14-7-8-15-31(28)41-36)21-33(39(46)49-2)43(37)38(45)32-16-9-19-42(32)40(47)50-22-30-26-12-5-3-10-24(26)25-11-4-6-13-27(25)30/h3-8,10-15,17-18,20,30,32-33,37,41,44H,9,16,19,21-22H2,1-2H3/t32-,33-,37+/m0/s1. The van der Waals surface area contributed by atoms with E-state index >= 15 is 0 Å². The number of carbonyl (C=O) groups excluding carboxylic acids is 3. The van der Waals surface area contributed by atoms with Crippen molar-refractivity contribution in [3.63, 3.8) is 0 Å². The van der Waals surface area contributed by atoms with Gasteiger partial charge in [-0.15, -0.1) is 0 Å². The van der Waals surface area contributed by atoms with Crippen molar-refractivity contribution < 1.29 is 33.7 Å². The number of esters is 1. The second kappa shape index (κ2) is 12.6. The number of hydrogen-bond acceptors (Lipinski definition) is 7. The Kier molecular flexibility index (Phi) is 7.94. The summed E-state index contributed by atoms with van der Waals surface area (Å²) < 4.78 is 16.8. The maximum absolute atomic E-state index is 14.9. The number of likely N-dealkylation sites (tertiary alicyclic amines) is 1. The van der Waals surface area contributed by atoms with E-state index in [4.69, 9.17) is 14.2 Å². The quantitative estimate of drug-likeness (QED) is 0.203. The summed E-state index contributed by atoms with van der Waals surface area (Å²) in [5, 5.41) is 11.4. The Hall–Kier alpha value is -5.77. The third-order valence-corrected chi connectivity index (χ3v) is 10.5. The molecule has 3 atom stereocenters. The molecule has 1 aromatic heterocycles. The van der Waals surface area contributed by atoms with E-state index in [-0.39, 0.29) is 36.4 Å². The monoisotopic (exact) mass is 671 g/mol. The molecule has 8 rings (SSSR count). The van der Waals surface area contributed by atoms with Gasteiger partial charge in [-0.25, -0.2) is 9.59 Å². The number of amides is 2. The molecule has 0 spiro atoms. The zero-order valence-electron chi connectivity index (χ0n) is 27.8. The number of aromatic amines is 1. The van der Waals surface area contributed by atoms with Crippen LogP contribution in [-0.2, 0) is 25.5 Å². The predicted octanol–water partition coefficient (Wildman–Crippen LogP) is 6.31. The Morgan fingerprint density at radius 2 is 1.58 bits per heavy atom. The van der Waals surface area contributed by atoms with Gasteiger partial charge in [0.15, 0.2) is 11.5 Å². The van der Waals surface area contributed by atoms with Crippen molar-refractivity contribution in [2.45, 2.75) is 43.3 Å². The summed E-state index contributed by atoms with van der Waals surface area (Å²) in [6.45, 7) is 0.478. The van der Waals surface area contributed by atoms with E-state index < -0.39 is 30.2 Å². The SMILES string of the molecule is COC(=O)[C@@H]1Cc2c([nH]c3ccccc23)[C@@H](c2ccc(O)c(OC)c2)N1C(=O)[C@@H]1CCCN1C(=O)OCC1c2ccccc2-c2ccccc21. The van der Waals surface area contributed by atoms with Gasteiger partial charge < -0.3 is 29.2 Å². The molecule has 1 fully saturated rings. The molecule has 2 N–H and O–H groups in total. The van der Waals surface area contributed by atoms with Crippen molar-refractivity contribution in [3.05, 3.63) is 119 Å². The van der Waals surface area contributed by atoms with Crippen LogP contribution in [0.3, 0.4) is 0 Å². The highest BCUT2D eigenvalue weighted by Gasteiger charge is 2.48. The molecule has 0 bridgehead atoms. The zero-order chi connectivity index (χ0) is 34.5. The van der Waals surface area contributed by atoms with Gasteiger partial charge in [-0.2, -0.15) is 0 Å². The number of rotatable bonds is 6. The van der Waals surface area contributed by atoms with E-state index in [0.29, 0.717) is 24.9 Å². The van der Waals surface area contributed by atoms with Gasteiger partial charge in [0, 0.05) is 35.5 Å². The number of phenols is 1. The highest BCUT2D eigenvalue weighted by Crippen LogP contribution is 2.46. The average molecular weight is 672 g/mol. The van der Waals surface area contributed by atoms with Gasteiger partial charge in [-0.3, -0.25) is 9.69 Å². The molecule has 0 radical (unpaired) electrons. The lowest BCUT2D eigenvalue weighted by Crippen LogP contribution is -2.57. The van der Waals surface area contributed by atoms with Crippen LogP contribution in [0.5, 0.6) is 11.5 Å². The molecule has 3 aliphatic rings. The molecule has 0 saturated carbocycles. The Morgan fingerprint density at radius 3 is 2.30 bits per heavy atom. The Labute approximate surface area is 289 Å². The van der Waals surface area contributed by atoms with Crippen LogP contribution in [0.15, 0.2) is 91.0 Å². The highest BCUT2D eigenvalue weighted by molar-refractivity contribution is 5.94. The van der Waals surface area contributed by atoms with Gasteiger partial charge in [0.05, 0.1) is 20.3 Å². The first-order valence-electron chi connectivity index (χ1n) is 16.9. The molecule has 10 heteroatoms. The summed E-state index contributed by atoms with van der Waals surface area (Å²) >= 11 is 0. The Balaban J connectivity index is 1.14. The van der Waals surface area contributed by atoms with Gasteiger partial charge in [0.2, 0.25) is 5.91 Å². The molecule has 254 valence electrons. The van der Waals surface area contributed by atoms with Gasteiger partial charge in [0.25, 0.3) is 0 Å². The second-order valence-electron chi connectivity index (χ2n) is 13.0. The van der Waals surface area contributed by atoms with Crippen molar-refractivity contribution in [3.8, 4) is 22.6 Å². The van der Waals surface area contributed by atoms with Crippen molar-refractivity contribution in [2.24, 2.45) is 0 Å². The third-order valence-electron chi connectivity index (χ3n) is 10.5. The Morgan fingerprint density at radius 1 is 0.880 bits per heavy atom. The Bertz CT molecular complexity index is 2100. The fourth-order valence-corrected chi connectivity index (χ4v) is 8.18. The van der Waals surface area contributed by atoms with Crippen LogP contribution in [0.1, 0.15) is 52.7 Å². The number of para-hydroxylation sites is 1. The first kappa shape index (κ1) is 31.5. The van der Waals surface area contributed by atoms with Crippen LogP contribution in [0.25, 0.3) is 22.0 Å². The minimum Gasteiger partial charge on any atom is -0.504 e. The van der Waals surface area contributed by atoms with Gasteiger partial charge in [-0.05, 0) is 64.4 Å². The number of nitrogens with one attached hydrogen (secondary N) is 1. The maximum atomic E-state index is 14.9. The van der Waals surface area contributed by atoms with E-state index in [1.165, 1.54) is 25.2 Å². The molecule has 10 nitrogen and oxygen atoms in total. The molecule has 1 saturated heterocycles. The number of aromatic nitrogens is 1. The number of fused-ring (bicyclic) bond motifs is 6. The van der Waals surface area contributed by atoms with Crippen LogP contribution in [0.2, 0.25) is 0 Å². The van der Waals surface area contributed by atoms with Crippen molar-refractivity contribution in [2.75, 3.05) is 27.4 Å². The second-order valence-corrected chi connectivity index (χ2v) is 13.0. The van der Waals surface area contributed by atoms with E-state index in [1.807, 2.05) is 48.5 Å². The molecular weight excluding hydrogens is 634 g/mol. The van der Waals surface area contributed by atoms with Gasteiger partial charge >= 0.3 is 12.1 Å². The lowest BCUT2D eigenvalue weighted by molar-refractivity contribution is -0.156. The van der Waals surface area contributed by atoms with E-state index in [9.17, 15) is 19.5 Å². The molecule has 3 heterocycles. The van der Waals surface area contributed by atoms with Crippen molar-refractivity contribution >= 4 is 28.9 Å². The molecule has 1 aliphatic carbocycles. The summed E-state index contributed by atoms with van der Waals surface area (Å²) in [5.74, 6) is -0.885. The number of carbonyl (C=O) groups is 3. The predicted molar refractivity (Wildman–Crippen MR) is 186 cm³/mol. The summed E-state index contributed by atoms with van der Waals surface area (Å²) in [6.07, 6.45) is 0.676. The number of ether oxygens (including phenoxy) is 3. The zero-order valence-corrected chi connectivity index (χ0v) is 27.8. The van der Waals surface area contributed by atoms with Crippen molar-refractivity contribution in [1.29, 1.82) is 0 Å². The molecule has 50 heavy (non-hydrogen) atoms. The summed E-state index contributed by atoms with van der Waals surface area (Å²) in [7, 11) is 2.77. The summed E-state index contributed by atoms with van der Waals surface area (Å²) in [4.78, 5) is 49.0. The van der Waals surface area contributed by atoms with Crippen molar-refractivity contribution in [1.82, 2.24) is 14.8 Å². The third kappa shape index (κ3) is 5.05. The van der Waals surface area contributed by atoms with E-state index in [1.54, 1.807) is 17.0 Å². The van der Waals surface area contributed by atoms with Crippen LogP contribution in [0, 0.1) is 0 Å². The molecule has 5 aromatic rings. The van der Waals surface area contributed by atoms with Crippen LogP contribution in [0.4, 0.5) is 4.79 Å². The largest absolute Gasteiger partial charge is 0.504 e. The molecule has 0 unspecified atom stereocenters. The normalized spacial score (nSPS) is 19.5. The number of aromatic hydroxyl groups is 1. The number of methoxy groups -OCH3 is 2. The minimum atomic E-state index is -0.978. The van der Waals surface area contributed by atoms with E-state index in [2.05, 4.69) is 29.2 Å².